The average molecular weight is 664 g/mol. The second-order valence-corrected chi connectivity index (χ2v) is 19.2. The lowest BCUT2D eigenvalue weighted by atomic mass is 10.4. The summed E-state index contributed by atoms with van der Waals surface area (Å²) in [6, 6.07) is 1.42. The number of nitrogens with zero attached hydrogens (tertiary/aromatic N) is 1. The van der Waals surface area contributed by atoms with Crippen molar-refractivity contribution in [1.82, 2.24) is 0 Å². The third kappa shape index (κ3) is 19.8. The Morgan fingerprint density at radius 1 is 0.605 bits per heavy atom. The Kier molecular flexibility index (Phi) is 17.4. The van der Waals surface area contributed by atoms with E-state index in [2.05, 4.69) is 30.5 Å². The minimum atomic E-state index is -4.14. The first-order valence-corrected chi connectivity index (χ1v) is 19.5. The first-order valence-electron chi connectivity index (χ1n) is 8.68. The van der Waals surface area contributed by atoms with Crippen molar-refractivity contribution in [2.24, 2.45) is 0 Å². The van der Waals surface area contributed by atoms with Gasteiger partial charge in [-0.2, -0.15) is 13.7 Å². The van der Waals surface area contributed by atoms with Crippen LogP contribution in [0.25, 0.3) is 0 Å². The molecule has 0 amide bonds. The van der Waals surface area contributed by atoms with E-state index in [1.165, 1.54) is 13.0 Å². The summed E-state index contributed by atoms with van der Waals surface area (Å²) in [6.45, 7) is 13.0. The Hall–Kier alpha value is -2.22. The number of nitriles is 1. The van der Waals surface area contributed by atoms with E-state index in [1.54, 1.807) is 0 Å². The highest BCUT2D eigenvalue weighted by atomic mass is 32.3. The van der Waals surface area contributed by atoms with Gasteiger partial charge in [0.2, 0.25) is 0 Å². The molecule has 0 unspecified atom stereocenters. The predicted molar refractivity (Wildman–Crippen MR) is 143 cm³/mol. The third-order valence-corrected chi connectivity index (χ3v) is 12.1. The Balaban J connectivity index is -0.000000204. The lowest BCUT2D eigenvalue weighted by Crippen LogP contribution is -2.12. The van der Waals surface area contributed by atoms with Crippen LogP contribution in [-0.4, -0.2) is 94.7 Å². The standard InChI is InChI=1S/C5H8O3S.C4H5NO2S.C4H8O5S2.C4H8O4S2/c1-4(6)5(2)9(3,7)8;1-4(3-5)8(2,6)7;1-4(10(3,5)6)11(7,8)9-2;1-4(9(2,5)6)10(3,7)8/h2H2,1,3H3;1H2,2H3;1H2,2-3H3;1H2,2-3H3. The van der Waals surface area contributed by atoms with Crippen molar-refractivity contribution >= 4 is 65.1 Å². The van der Waals surface area contributed by atoms with Crippen LogP contribution in [0.2, 0.25) is 0 Å². The molecule has 0 saturated carbocycles. The van der Waals surface area contributed by atoms with Crippen LogP contribution < -0.4 is 0 Å². The van der Waals surface area contributed by atoms with E-state index in [4.69, 9.17) is 5.26 Å². The first kappa shape index (κ1) is 42.9. The molecule has 0 bridgehead atoms. The van der Waals surface area contributed by atoms with Crippen LogP contribution in [0.15, 0.2) is 44.6 Å². The molecule has 15 nitrogen and oxygen atoms in total. The number of ketones is 1. The number of hydrogen-bond donors (Lipinski definition) is 0. The highest BCUT2D eigenvalue weighted by molar-refractivity contribution is 8.13. The van der Waals surface area contributed by atoms with Gasteiger partial charge in [0.25, 0.3) is 0 Å². The number of sulfone groups is 5. The molecule has 0 rings (SSSR count). The van der Waals surface area contributed by atoms with E-state index in [9.17, 15) is 55.3 Å². The number of hydrogen-bond acceptors (Lipinski definition) is 15. The van der Waals surface area contributed by atoms with E-state index >= 15 is 0 Å². The molecule has 38 heavy (non-hydrogen) atoms. The summed E-state index contributed by atoms with van der Waals surface area (Å²) in [4.78, 5) is 9.59. The Labute approximate surface area is 224 Å². The lowest BCUT2D eigenvalue weighted by Gasteiger charge is -2.00. The molecule has 0 aromatic rings. The van der Waals surface area contributed by atoms with Crippen molar-refractivity contribution in [1.29, 1.82) is 5.26 Å². The Bertz CT molecular complexity index is 1620. The largest absolute Gasteiger partial charge is 0.307 e. The van der Waals surface area contributed by atoms with Gasteiger partial charge in [-0.05, 0) is 6.92 Å². The average Bonchev–Trinajstić information content (AvgIpc) is 2.69. The van der Waals surface area contributed by atoms with Gasteiger partial charge < -0.3 is 0 Å². The molecule has 222 valence electrons. The Morgan fingerprint density at radius 2 is 0.895 bits per heavy atom. The molecule has 0 N–H and O–H groups in total. The highest BCUT2D eigenvalue weighted by Gasteiger charge is 2.24. The SMILES string of the molecule is C=C(C#N)S(C)(=O)=O.C=C(C(C)=O)S(C)(=O)=O.C=C(S(C)(=O)=O)S(=O)(=O)OC.C=C(S(C)(=O)=O)S(C)(=O)=O. The molecule has 0 aliphatic carbocycles. The van der Waals surface area contributed by atoms with E-state index < -0.39 is 78.5 Å². The number of Topliss-reactive ketones (excluding diaryl/α,β-unsaturated/α-hetero) is 1. The lowest BCUT2D eigenvalue weighted by molar-refractivity contribution is -0.113. The van der Waals surface area contributed by atoms with Crippen molar-refractivity contribution in [3.63, 3.8) is 0 Å². The predicted octanol–water partition coefficient (Wildman–Crippen LogP) is -0.773. The summed E-state index contributed by atoms with van der Waals surface area (Å²) in [5.41, 5.74) is 0. The molecule has 0 aromatic heterocycles. The molecule has 0 spiro atoms. The van der Waals surface area contributed by atoms with Crippen LogP contribution in [0.3, 0.4) is 0 Å². The molecule has 0 fully saturated rings. The summed E-state index contributed by atoms with van der Waals surface area (Å²) < 4.78 is 128. The maximum absolute atomic E-state index is 10.6. The van der Waals surface area contributed by atoms with Gasteiger partial charge in [0.1, 0.15) is 15.9 Å². The molecule has 0 aromatic carbocycles. The molecule has 0 heterocycles. The number of allylic oxidation sites excluding steroid dienone is 2. The fourth-order valence-electron chi connectivity index (χ4n) is 0.897. The van der Waals surface area contributed by atoms with Crippen molar-refractivity contribution < 1.29 is 59.5 Å². The zero-order chi connectivity index (χ0) is 32.3. The van der Waals surface area contributed by atoms with Crippen LogP contribution >= 0.6 is 0 Å². The molecule has 21 heteroatoms. The summed E-state index contributed by atoms with van der Waals surface area (Å²) in [5, 5.41) is 7.94. The van der Waals surface area contributed by atoms with E-state index in [0.717, 1.165) is 38.4 Å². The smallest absolute Gasteiger partial charge is 0.294 e. The van der Waals surface area contributed by atoms with Crippen LogP contribution in [0.5, 0.6) is 0 Å². The maximum atomic E-state index is 10.6. The Morgan fingerprint density at radius 3 is 0.921 bits per heavy atom. The van der Waals surface area contributed by atoms with Gasteiger partial charge >= 0.3 is 10.1 Å². The molecule has 0 radical (unpaired) electrons. The van der Waals surface area contributed by atoms with Crippen molar-refractivity contribution in [2.45, 2.75) is 6.92 Å². The second kappa shape index (κ2) is 15.4. The van der Waals surface area contributed by atoms with Gasteiger partial charge in [-0.3, -0.25) is 8.98 Å². The summed E-state index contributed by atoms with van der Waals surface area (Å²) in [5.74, 6) is -0.502. The molecule has 0 saturated heterocycles. The fourth-order valence-corrected chi connectivity index (χ4v) is 5.66. The van der Waals surface area contributed by atoms with Gasteiger partial charge in [-0.15, -0.1) is 0 Å². The van der Waals surface area contributed by atoms with Gasteiger partial charge in [-0.25, -0.2) is 42.1 Å². The second-order valence-electron chi connectivity index (χ2n) is 6.74. The summed E-state index contributed by atoms with van der Waals surface area (Å²) in [6.07, 6.45) is 4.24. The van der Waals surface area contributed by atoms with Crippen molar-refractivity contribution in [3.8, 4) is 6.07 Å². The van der Waals surface area contributed by atoms with Crippen LogP contribution in [0.1, 0.15) is 6.92 Å². The van der Waals surface area contributed by atoms with Gasteiger partial charge in [0.05, 0.1) is 7.11 Å². The van der Waals surface area contributed by atoms with E-state index in [1.807, 2.05) is 0 Å². The molecule has 0 aliphatic rings. The molecular formula is C17H29NO14S6. The topological polar surface area (TPSA) is 255 Å². The van der Waals surface area contributed by atoms with Gasteiger partial charge in [0, 0.05) is 31.3 Å². The normalized spacial score (nSPS) is 11.8. The molecule has 0 atom stereocenters. The summed E-state index contributed by atoms with van der Waals surface area (Å²) >= 11 is 0. The fraction of sp³-hybridized carbons (Fsp3) is 0.412. The zero-order valence-electron chi connectivity index (χ0n) is 21.4. The van der Waals surface area contributed by atoms with Crippen molar-refractivity contribution in [3.05, 3.63) is 44.6 Å². The zero-order valence-corrected chi connectivity index (χ0v) is 26.3. The van der Waals surface area contributed by atoms with Crippen LogP contribution in [0.4, 0.5) is 0 Å². The van der Waals surface area contributed by atoms with E-state index in [0.29, 0.717) is 0 Å². The number of rotatable bonds is 8. The van der Waals surface area contributed by atoms with Gasteiger partial charge in [-0.1, -0.05) is 26.3 Å². The van der Waals surface area contributed by atoms with Crippen molar-refractivity contribution in [2.75, 3.05) is 38.4 Å². The quantitative estimate of drug-likeness (QED) is 0.175. The monoisotopic (exact) mass is 663 g/mol. The first-order chi connectivity index (χ1) is 16.2. The third-order valence-electron chi connectivity index (χ3n) is 3.15. The molecular weight excluding hydrogens is 635 g/mol. The number of carbonyl (C=O) groups excluding carboxylic acids is 1. The molecule has 0 aliphatic heterocycles. The maximum Gasteiger partial charge on any atom is 0.307 e. The van der Waals surface area contributed by atoms with E-state index in [-0.39, 0.29) is 4.91 Å². The number of carbonyl (C=O) groups is 1. The van der Waals surface area contributed by atoms with Crippen LogP contribution in [-0.2, 0) is 68.3 Å². The van der Waals surface area contributed by atoms with Gasteiger partial charge in [0.15, 0.2) is 63.4 Å². The highest BCUT2D eigenvalue weighted by Crippen LogP contribution is 2.11. The minimum absolute atomic E-state index is 0.331. The summed E-state index contributed by atoms with van der Waals surface area (Å²) in [7, 11) is -21.0. The van der Waals surface area contributed by atoms with Crippen LogP contribution in [0, 0.1) is 11.3 Å². The minimum Gasteiger partial charge on any atom is -0.294 e.